The van der Waals surface area contributed by atoms with Crippen LogP contribution < -0.4 is 19.1 Å². The first-order valence-corrected chi connectivity index (χ1v) is 11.2. The zero-order chi connectivity index (χ0) is 24.0. The molecule has 1 amide bonds. The molecule has 0 aliphatic rings. The van der Waals surface area contributed by atoms with E-state index in [4.69, 9.17) is 4.74 Å². The molecule has 33 heavy (non-hydrogen) atoms. The summed E-state index contributed by atoms with van der Waals surface area (Å²) in [5.74, 6) is 0.130. The van der Waals surface area contributed by atoms with E-state index >= 15 is 0 Å². The minimum atomic E-state index is -3.91. The van der Waals surface area contributed by atoms with Gasteiger partial charge >= 0.3 is 6.61 Å². The van der Waals surface area contributed by atoms with Crippen LogP contribution in [0.5, 0.6) is 11.5 Å². The summed E-state index contributed by atoms with van der Waals surface area (Å²) in [5, 5.41) is 2.68. The Hall–Kier alpha value is -3.66. The van der Waals surface area contributed by atoms with Gasteiger partial charge in [-0.2, -0.15) is 8.78 Å². The summed E-state index contributed by atoms with van der Waals surface area (Å²) in [5.41, 5.74) is 1.26. The van der Waals surface area contributed by atoms with E-state index in [1.165, 1.54) is 50.6 Å². The van der Waals surface area contributed by atoms with Crippen LogP contribution in [-0.4, -0.2) is 35.1 Å². The number of nitrogens with zero attached hydrogens (tertiary/aromatic N) is 1. The predicted octanol–water partition coefficient (Wildman–Crippen LogP) is 4.05. The molecule has 1 N–H and O–H groups in total. The Kier molecular flexibility index (Phi) is 7.49. The average molecular weight is 477 g/mol. The average Bonchev–Trinajstić information content (AvgIpc) is 2.82. The molecule has 0 radical (unpaired) electrons. The molecule has 3 rings (SSSR count). The maximum atomic E-state index is 13.0. The quantitative estimate of drug-likeness (QED) is 0.504. The van der Waals surface area contributed by atoms with Gasteiger partial charge in [0.1, 0.15) is 11.5 Å². The minimum absolute atomic E-state index is 0.0129. The van der Waals surface area contributed by atoms with Gasteiger partial charge in [0, 0.05) is 19.2 Å². The molecule has 0 saturated heterocycles. The Balaban J connectivity index is 1.70. The first-order chi connectivity index (χ1) is 15.7. The molecule has 0 spiro atoms. The molecule has 0 aliphatic carbocycles. The van der Waals surface area contributed by atoms with Crippen LogP contribution in [0.15, 0.2) is 77.7 Å². The Bertz CT molecular complexity index is 1200. The summed E-state index contributed by atoms with van der Waals surface area (Å²) in [6.45, 7) is -2.79. The van der Waals surface area contributed by atoms with Crippen molar-refractivity contribution in [2.45, 2.75) is 18.1 Å². The Morgan fingerprint density at radius 1 is 1.00 bits per heavy atom. The number of hydrogen-bond acceptors (Lipinski definition) is 5. The third-order valence-corrected chi connectivity index (χ3v) is 6.57. The molecule has 3 aromatic rings. The number of ether oxygens (including phenoxy) is 2. The highest BCUT2D eigenvalue weighted by Crippen LogP contribution is 2.25. The van der Waals surface area contributed by atoms with Gasteiger partial charge in [-0.15, -0.1) is 0 Å². The third kappa shape index (κ3) is 5.98. The lowest BCUT2D eigenvalue weighted by Gasteiger charge is -2.20. The molecular formula is C23H22F2N2O5S. The fraction of sp³-hybridized carbons (Fsp3) is 0.174. The number of methoxy groups -OCH3 is 1. The van der Waals surface area contributed by atoms with Crippen molar-refractivity contribution in [1.29, 1.82) is 0 Å². The van der Waals surface area contributed by atoms with Crippen LogP contribution in [0, 0.1) is 0 Å². The van der Waals surface area contributed by atoms with E-state index in [-0.39, 0.29) is 22.8 Å². The Morgan fingerprint density at radius 3 is 2.24 bits per heavy atom. The number of halogens is 2. The van der Waals surface area contributed by atoms with Crippen molar-refractivity contribution < 1.29 is 31.5 Å². The summed E-state index contributed by atoms with van der Waals surface area (Å²) in [4.78, 5) is 12.5. The lowest BCUT2D eigenvalue weighted by atomic mass is 10.2. The van der Waals surface area contributed by atoms with Gasteiger partial charge in [-0.05, 0) is 60.2 Å². The van der Waals surface area contributed by atoms with Crippen LogP contribution in [0.1, 0.15) is 15.9 Å². The zero-order valence-corrected chi connectivity index (χ0v) is 18.7. The number of carbonyl (C=O) groups is 1. The van der Waals surface area contributed by atoms with E-state index in [0.29, 0.717) is 17.0 Å². The molecule has 0 unspecified atom stereocenters. The van der Waals surface area contributed by atoms with E-state index in [2.05, 4.69) is 10.1 Å². The number of hydrogen-bond donors (Lipinski definition) is 1. The van der Waals surface area contributed by atoms with Gasteiger partial charge in [0.15, 0.2) is 0 Å². The van der Waals surface area contributed by atoms with E-state index < -0.39 is 22.5 Å². The number of benzene rings is 3. The number of carbonyl (C=O) groups excluding carboxylic acids is 1. The SMILES string of the molecule is COc1ccc(N(C)S(=O)(=O)c2cccc(C(=O)NCc3ccc(OC(F)F)cc3)c2)cc1. The summed E-state index contributed by atoms with van der Waals surface area (Å²) in [6, 6.07) is 18.1. The van der Waals surface area contributed by atoms with Crippen LogP contribution in [-0.2, 0) is 16.6 Å². The van der Waals surface area contributed by atoms with Gasteiger partial charge in [-0.3, -0.25) is 9.10 Å². The maximum absolute atomic E-state index is 13.0. The number of amides is 1. The van der Waals surface area contributed by atoms with E-state index in [1.807, 2.05) is 0 Å². The second kappa shape index (κ2) is 10.3. The highest BCUT2D eigenvalue weighted by atomic mass is 32.2. The molecule has 0 atom stereocenters. The third-order valence-electron chi connectivity index (χ3n) is 4.79. The van der Waals surface area contributed by atoms with Crippen molar-refractivity contribution in [2.75, 3.05) is 18.5 Å². The van der Waals surface area contributed by atoms with E-state index in [0.717, 1.165) is 4.31 Å². The van der Waals surface area contributed by atoms with Crippen LogP contribution in [0.4, 0.5) is 14.5 Å². The molecule has 0 aromatic heterocycles. The molecular weight excluding hydrogens is 454 g/mol. The van der Waals surface area contributed by atoms with Gasteiger partial charge in [-0.1, -0.05) is 18.2 Å². The van der Waals surface area contributed by atoms with Gasteiger partial charge < -0.3 is 14.8 Å². The molecule has 0 bridgehead atoms. The first-order valence-electron chi connectivity index (χ1n) is 9.75. The smallest absolute Gasteiger partial charge is 0.387 e. The van der Waals surface area contributed by atoms with Gasteiger partial charge in [0.05, 0.1) is 17.7 Å². The van der Waals surface area contributed by atoms with Crippen LogP contribution >= 0.6 is 0 Å². The van der Waals surface area contributed by atoms with Crippen LogP contribution in [0.25, 0.3) is 0 Å². The normalized spacial score (nSPS) is 11.2. The van der Waals surface area contributed by atoms with Crippen molar-refractivity contribution in [3.8, 4) is 11.5 Å². The van der Waals surface area contributed by atoms with Crippen molar-refractivity contribution in [1.82, 2.24) is 5.32 Å². The van der Waals surface area contributed by atoms with E-state index in [1.54, 1.807) is 36.4 Å². The maximum Gasteiger partial charge on any atom is 0.387 e. The monoisotopic (exact) mass is 476 g/mol. The topological polar surface area (TPSA) is 84.9 Å². The van der Waals surface area contributed by atoms with Gasteiger partial charge in [0.25, 0.3) is 15.9 Å². The lowest BCUT2D eigenvalue weighted by Crippen LogP contribution is -2.27. The minimum Gasteiger partial charge on any atom is -0.497 e. The molecule has 3 aromatic carbocycles. The van der Waals surface area contributed by atoms with Crippen molar-refractivity contribution in [3.63, 3.8) is 0 Å². The van der Waals surface area contributed by atoms with E-state index in [9.17, 15) is 22.0 Å². The summed E-state index contributed by atoms with van der Waals surface area (Å²) >= 11 is 0. The second-order valence-corrected chi connectivity index (χ2v) is 8.87. The largest absolute Gasteiger partial charge is 0.497 e. The molecule has 7 nitrogen and oxygen atoms in total. The lowest BCUT2D eigenvalue weighted by molar-refractivity contribution is -0.0498. The fourth-order valence-corrected chi connectivity index (χ4v) is 4.20. The predicted molar refractivity (Wildman–Crippen MR) is 119 cm³/mol. The summed E-state index contributed by atoms with van der Waals surface area (Å²) in [7, 11) is -0.973. The van der Waals surface area contributed by atoms with Crippen molar-refractivity contribution in [3.05, 3.63) is 83.9 Å². The standard InChI is InChI=1S/C23H22F2N2O5S/c1-27(18-8-12-19(31-2)13-9-18)33(29,30)21-5-3-4-17(14-21)22(28)26-15-16-6-10-20(11-7-16)32-23(24)25/h3-14,23H,15H2,1-2H3,(H,26,28). The molecule has 0 aliphatic heterocycles. The number of nitrogens with one attached hydrogen (secondary N) is 1. The van der Waals surface area contributed by atoms with Gasteiger partial charge in [-0.25, -0.2) is 8.42 Å². The molecule has 10 heteroatoms. The molecule has 174 valence electrons. The second-order valence-electron chi connectivity index (χ2n) is 6.90. The number of sulfonamides is 1. The van der Waals surface area contributed by atoms with Crippen molar-refractivity contribution in [2.24, 2.45) is 0 Å². The van der Waals surface area contributed by atoms with Crippen LogP contribution in [0.2, 0.25) is 0 Å². The highest BCUT2D eigenvalue weighted by molar-refractivity contribution is 7.92. The Morgan fingerprint density at radius 2 is 1.64 bits per heavy atom. The number of alkyl halides is 2. The first kappa shape index (κ1) is 24.0. The Labute approximate surface area is 190 Å². The molecule has 0 heterocycles. The number of anilines is 1. The molecule has 0 saturated carbocycles. The molecule has 0 fully saturated rings. The summed E-state index contributed by atoms with van der Waals surface area (Å²) in [6.07, 6.45) is 0. The van der Waals surface area contributed by atoms with Crippen LogP contribution in [0.3, 0.4) is 0 Å². The highest BCUT2D eigenvalue weighted by Gasteiger charge is 2.22. The van der Waals surface area contributed by atoms with Gasteiger partial charge in [0.2, 0.25) is 0 Å². The number of rotatable bonds is 9. The summed E-state index contributed by atoms with van der Waals surface area (Å²) < 4.78 is 61.0. The van der Waals surface area contributed by atoms with Crippen molar-refractivity contribution >= 4 is 21.6 Å². The fourth-order valence-electron chi connectivity index (χ4n) is 2.96. The zero-order valence-electron chi connectivity index (χ0n) is 17.9.